The Hall–Kier alpha value is -0.830. The van der Waals surface area contributed by atoms with Crippen LogP contribution in [0.5, 0.6) is 0 Å². The standard InChI is InChI=1S/C12H17ClN2/c1-10(7-14)8-15(2)9-11-4-3-5-12(13)6-11/h3-6H,1,7-9,14H2,2H3. The van der Waals surface area contributed by atoms with Crippen molar-refractivity contribution in [2.45, 2.75) is 6.54 Å². The van der Waals surface area contributed by atoms with Crippen molar-refractivity contribution in [1.82, 2.24) is 4.90 Å². The normalized spacial score (nSPS) is 10.7. The molecule has 1 aromatic carbocycles. The summed E-state index contributed by atoms with van der Waals surface area (Å²) < 4.78 is 0. The highest BCUT2D eigenvalue weighted by atomic mass is 35.5. The summed E-state index contributed by atoms with van der Waals surface area (Å²) in [6, 6.07) is 7.88. The molecule has 0 fully saturated rings. The second kappa shape index (κ2) is 5.91. The summed E-state index contributed by atoms with van der Waals surface area (Å²) in [6.45, 7) is 6.10. The van der Waals surface area contributed by atoms with Gasteiger partial charge in [-0.1, -0.05) is 30.3 Å². The zero-order valence-corrected chi connectivity index (χ0v) is 9.80. The Morgan fingerprint density at radius 1 is 1.53 bits per heavy atom. The van der Waals surface area contributed by atoms with Crippen LogP contribution in [0.4, 0.5) is 0 Å². The highest BCUT2D eigenvalue weighted by Gasteiger charge is 2.01. The quantitative estimate of drug-likeness (QED) is 0.778. The van der Waals surface area contributed by atoms with Crippen LogP contribution in [0.2, 0.25) is 5.02 Å². The minimum absolute atomic E-state index is 0.542. The van der Waals surface area contributed by atoms with Crippen LogP contribution in [0, 0.1) is 0 Å². The summed E-state index contributed by atoms with van der Waals surface area (Å²) in [4.78, 5) is 2.17. The van der Waals surface area contributed by atoms with Gasteiger partial charge in [-0.25, -0.2) is 0 Å². The zero-order chi connectivity index (χ0) is 11.3. The Bertz CT molecular complexity index is 336. The molecule has 1 rings (SSSR count). The molecule has 2 N–H and O–H groups in total. The third-order valence-electron chi connectivity index (χ3n) is 2.12. The molecule has 82 valence electrons. The fourth-order valence-corrected chi connectivity index (χ4v) is 1.66. The van der Waals surface area contributed by atoms with Crippen LogP contribution in [0.3, 0.4) is 0 Å². The van der Waals surface area contributed by atoms with E-state index in [4.69, 9.17) is 17.3 Å². The third kappa shape index (κ3) is 4.47. The lowest BCUT2D eigenvalue weighted by atomic mass is 10.2. The van der Waals surface area contributed by atoms with Gasteiger partial charge in [0.25, 0.3) is 0 Å². The fourth-order valence-electron chi connectivity index (χ4n) is 1.45. The van der Waals surface area contributed by atoms with Crippen molar-refractivity contribution in [3.8, 4) is 0 Å². The number of benzene rings is 1. The van der Waals surface area contributed by atoms with Crippen LogP contribution in [0.15, 0.2) is 36.4 Å². The topological polar surface area (TPSA) is 29.3 Å². The highest BCUT2D eigenvalue weighted by Crippen LogP contribution is 2.12. The van der Waals surface area contributed by atoms with E-state index in [1.54, 1.807) is 0 Å². The Kier molecular flexibility index (Phi) is 4.82. The van der Waals surface area contributed by atoms with Crippen molar-refractivity contribution in [2.75, 3.05) is 20.1 Å². The third-order valence-corrected chi connectivity index (χ3v) is 2.36. The van der Waals surface area contributed by atoms with Gasteiger partial charge in [0, 0.05) is 24.7 Å². The van der Waals surface area contributed by atoms with Crippen molar-refractivity contribution in [3.63, 3.8) is 0 Å². The van der Waals surface area contributed by atoms with E-state index < -0.39 is 0 Å². The Morgan fingerprint density at radius 3 is 2.87 bits per heavy atom. The fraction of sp³-hybridized carbons (Fsp3) is 0.333. The molecular formula is C12H17ClN2. The Labute approximate surface area is 96.3 Å². The van der Waals surface area contributed by atoms with Crippen LogP contribution < -0.4 is 5.73 Å². The molecule has 3 heteroatoms. The smallest absolute Gasteiger partial charge is 0.0409 e. The number of nitrogens with two attached hydrogens (primary N) is 1. The molecule has 0 amide bonds. The molecule has 0 saturated heterocycles. The van der Waals surface area contributed by atoms with Gasteiger partial charge in [0.1, 0.15) is 0 Å². The molecule has 0 aliphatic carbocycles. The van der Waals surface area contributed by atoms with E-state index in [0.29, 0.717) is 6.54 Å². The molecule has 2 nitrogen and oxygen atoms in total. The summed E-state index contributed by atoms with van der Waals surface area (Å²) in [5, 5.41) is 0.776. The maximum Gasteiger partial charge on any atom is 0.0409 e. The van der Waals surface area contributed by atoms with Crippen molar-refractivity contribution >= 4 is 11.6 Å². The lowest BCUT2D eigenvalue weighted by Gasteiger charge is -2.17. The average Bonchev–Trinajstić information content (AvgIpc) is 2.17. The number of hydrogen-bond acceptors (Lipinski definition) is 2. The molecule has 0 atom stereocenters. The van der Waals surface area contributed by atoms with Crippen LogP contribution in [0.25, 0.3) is 0 Å². The highest BCUT2D eigenvalue weighted by molar-refractivity contribution is 6.30. The van der Waals surface area contributed by atoms with Crippen molar-refractivity contribution in [2.24, 2.45) is 5.73 Å². The summed E-state index contributed by atoms with van der Waals surface area (Å²) in [5.41, 5.74) is 7.74. The lowest BCUT2D eigenvalue weighted by Crippen LogP contribution is -2.23. The van der Waals surface area contributed by atoms with Crippen molar-refractivity contribution in [1.29, 1.82) is 0 Å². The maximum absolute atomic E-state index is 5.91. The van der Waals surface area contributed by atoms with Gasteiger partial charge in [-0.3, -0.25) is 4.90 Å². The van der Waals surface area contributed by atoms with Gasteiger partial charge >= 0.3 is 0 Å². The lowest BCUT2D eigenvalue weighted by molar-refractivity contribution is 0.354. The van der Waals surface area contributed by atoms with Gasteiger partial charge in [-0.2, -0.15) is 0 Å². The van der Waals surface area contributed by atoms with Gasteiger partial charge in [0.15, 0.2) is 0 Å². The Morgan fingerprint density at radius 2 is 2.27 bits per heavy atom. The first-order chi connectivity index (χ1) is 7.11. The molecule has 0 spiro atoms. The molecular weight excluding hydrogens is 208 g/mol. The second-order valence-corrected chi connectivity index (χ2v) is 4.19. The van der Waals surface area contributed by atoms with E-state index in [-0.39, 0.29) is 0 Å². The van der Waals surface area contributed by atoms with Crippen LogP contribution in [-0.4, -0.2) is 25.0 Å². The van der Waals surface area contributed by atoms with Crippen LogP contribution in [0.1, 0.15) is 5.56 Å². The number of nitrogens with zero attached hydrogens (tertiary/aromatic N) is 1. The number of likely N-dealkylation sites (N-methyl/N-ethyl adjacent to an activating group) is 1. The van der Waals surface area contributed by atoms with E-state index in [0.717, 1.165) is 23.7 Å². The summed E-state index contributed by atoms with van der Waals surface area (Å²) in [5.74, 6) is 0. The van der Waals surface area contributed by atoms with Crippen LogP contribution in [-0.2, 0) is 6.54 Å². The Balaban J connectivity index is 2.51. The van der Waals surface area contributed by atoms with Crippen molar-refractivity contribution in [3.05, 3.63) is 47.0 Å². The zero-order valence-electron chi connectivity index (χ0n) is 9.04. The second-order valence-electron chi connectivity index (χ2n) is 3.76. The molecule has 0 aliphatic rings. The van der Waals surface area contributed by atoms with Gasteiger partial charge in [0.2, 0.25) is 0 Å². The SMILES string of the molecule is C=C(CN)CN(C)Cc1cccc(Cl)c1. The number of rotatable bonds is 5. The van der Waals surface area contributed by atoms with Crippen molar-refractivity contribution < 1.29 is 0 Å². The molecule has 0 bridgehead atoms. The molecule has 0 aliphatic heterocycles. The minimum atomic E-state index is 0.542. The van der Waals surface area contributed by atoms with E-state index in [1.807, 2.05) is 25.2 Å². The monoisotopic (exact) mass is 224 g/mol. The molecule has 0 aromatic heterocycles. The van der Waals surface area contributed by atoms with E-state index in [1.165, 1.54) is 5.56 Å². The number of hydrogen-bond donors (Lipinski definition) is 1. The molecule has 0 unspecified atom stereocenters. The van der Waals surface area contributed by atoms with Gasteiger partial charge < -0.3 is 5.73 Å². The molecule has 0 radical (unpaired) electrons. The van der Waals surface area contributed by atoms with Crippen LogP contribution >= 0.6 is 11.6 Å². The molecule has 1 aromatic rings. The average molecular weight is 225 g/mol. The van der Waals surface area contributed by atoms with Gasteiger partial charge in [-0.15, -0.1) is 0 Å². The maximum atomic E-state index is 5.91. The molecule has 0 saturated carbocycles. The number of halogens is 1. The largest absolute Gasteiger partial charge is 0.327 e. The van der Waals surface area contributed by atoms with E-state index in [9.17, 15) is 0 Å². The summed E-state index contributed by atoms with van der Waals surface area (Å²) >= 11 is 5.91. The van der Waals surface area contributed by atoms with E-state index in [2.05, 4.69) is 17.5 Å². The van der Waals surface area contributed by atoms with E-state index >= 15 is 0 Å². The summed E-state index contributed by atoms with van der Waals surface area (Å²) in [6.07, 6.45) is 0. The molecule has 0 heterocycles. The van der Waals surface area contributed by atoms with Gasteiger partial charge in [0.05, 0.1) is 0 Å². The minimum Gasteiger partial charge on any atom is -0.327 e. The first-order valence-corrected chi connectivity index (χ1v) is 5.29. The van der Waals surface area contributed by atoms with Gasteiger partial charge in [-0.05, 0) is 30.3 Å². The predicted molar refractivity (Wildman–Crippen MR) is 66.0 cm³/mol. The first kappa shape index (κ1) is 12.2. The molecule has 15 heavy (non-hydrogen) atoms. The predicted octanol–water partition coefficient (Wildman–Crippen LogP) is 2.29. The first-order valence-electron chi connectivity index (χ1n) is 4.91. The summed E-state index contributed by atoms with van der Waals surface area (Å²) in [7, 11) is 2.04.